The van der Waals surface area contributed by atoms with E-state index in [2.05, 4.69) is 19.2 Å². The van der Waals surface area contributed by atoms with E-state index >= 15 is 0 Å². The van der Waals surface area contributed by atoms with E-state index < -0.39 is 0 Å². The van der Waals surface area contributed by atoms with E-state index in [0.717, 1.165) is 39.1 Å². The van der Waals surface area contributed by atoms with Gasteiger partial charge in [0.25, 0.3) is 0 Å². The summed E-state index contributed by atoms with van der Waals surface area (Å²) >= 11 is 0. The predicted molar refractivity (Wildman–Crippen MR) is 59.7 cm³/mol. The first kappa shape index (κ1) is 13.9. The van der Waals surface area contributed by atoms with Gasteiger partial charge in [0.1, 0.15) is 0 Å². The van der Waals surface area contributed by atoms with Gasteiger partial charge in [0.2, 0.25) is 0 Å². The van der Waals surface area contributed by atoms with E-state index in [-0.39, 0.29) is 0 Å². The van der Waals surface area contributed by atoms with Crippen LogP contribution in [0.4, 0.5) is 0 Å². The molecule has 0 aliphatic carbocycles. The van der Waals surface area contributed by atoms with Crippen LogP contribution in [-0.2, 0) is 9.47 Å². The van der Waals surface area contributed by atoms with E-state index in [4.69, 9.17) is 9.47 Å². The lowest BCUT2D eigenvalue weighted by Gasteiger charge is -2.07. The van der Waals surface area contributed by atoms with Crippen molar-refractivity contribution in [1.82, 2.24) is 5.32 Å². The van der Waals surface area contributed by atoms with E-state index in [1.807, 2.05) is 0 Å². The Balaban J connectivity index is 2.85. The van der Waals surface area contributed by atoms with Crippen molar-refractivity contribution in [1.29, 1.82) is 0 Å². The molecule has 0 spiro atoms. The topological polar surface area (TPSA) is 30.5 Å². The summed E-state index contributed by atoms with van der Waals surface area (Å²) < 4.78 is 10.4. The van der Waals surface area contributed by atoms with Crippen LogP contribution in [0.5, 0.6) is 0 Å². The Hall–Kier alpha value is -0.120. The molecular weight excluding hydrogens is 178 g/mol. The molecule has 0 atom stereocenters. The molecule has 0 unspecified atom stereocenters. The lowest BCUT2D eigenvalue weighted by atomic mass is 10.3. The van der Waals surface area contributed by atoms with Gasteiger partial charge in [-0.1, -0.05) is 0 Å². The van der Waals surface area contributed by atoms with Crippen LogP contribution in [0.25, 0.3) is 0 Å². The SMILES string of the molecule is COCCCCNCCCOC(C)C. The third-order valence-electron chi connectivity index (χ3n) is 1.90. The van der Waals surface area contributed by atoms with E-state index in [1.165, 1.54) is 6.42 Å². The number of ether oxygens (including phenoxy) is 2. The molecule has 0 aliphatic rings. The Bertz CT molecular complexity index is 107. The molecular formula is C11H25NO2. The highest BCUT2D eigenvalue weighted by Gasteiger charge is 1.92. The smallest absolute Gasteiger partial charge is 0.0518 e. The molecule has 0 rings (SSSR count). The van der Waals surface area contributed by atoms with Crippen LogP contribution in [0, 0.1) is 0 Å². The van der Waals surface area contributed by atoms with Crippen molar-refractivity contribution >= 4 is 0 Å². The summed E-state index contributed by atoms with van der Waals surface area (Å²) in [4.78, 5) is 0. The zero-order valence-electron chi connectivity index (χ0n) is 9.84. The molecule has 0 radical (unpaired) electrons. The van der Waals surface area contributed by atoms with Crippen molar-refractivity contribution in [2.24, 2.45) is 0 Å². The molecule has 0 aromatic rings. The van der Waals surface area contributed by atoms with Gasteiger partial charge in [0.15, 0.2) is 0 Å². The molecule has 0 amide bonds. The molecule has 0 aliphatic heterocycles. The number of nitrogens with one attached hydrogen (secondary N) is 1. The normalized spacial score (nSPS) is 11.1. The first-order valence-electron chi connectivity index (χ1n) is 5.58. The Morgan fingerprint density at radius 3 is 2.36 bits per heavy atom. The van der Waals surface area contributed by atoms with Crippen LogP contribution < -0.4 is 5.32 Å². The summed E-state index contributed by atoms with van der Waals surface area (Å²) in [7, 11) is 1.75. The monoisotopic (exact) mass is 203 g/mol. The van der Waals surface area contributed by atoms with Gasteiger partial charge in [-0.15, -0.1) is 0 Å². The first-order chi connectivity index (χ1) is 6.77. The van der Waals surface area contributed by atoms with Gasteiger partial charge < -0.3 is 14.8 Å². The maximum absolute atomic E-state index is 5.43. The van der Waals surface area contributed by atoms with Crippen molar-refractivity contribution in [3.63, 3.8) is 0 Å². The molecule has 3 heteroatoms. The summed E-state index contributed by atoms with van der Waals surface area (Å²) in [6, 6.07) is 0. The second-order valence-corrected chi connectivity index (χ2v) is 3.72. The van der Waals surface area contributed by atoms with Gasteiger partial charge in [-0.2, -0.15) is 0 Å². The molecule has 3 nitrogen and oxygen atoms in total. The van der Waals surface area contributed by atoms with Gasteiger partial charge in [-0.3, -0.25) is 0 Å². The number of hydrogen-bond donors (Lipinski definition) is 1. The summed E-state index contributed by atoms with van der Waals surface area (Å²) in [6.07, 6.45) is 3.80. The molecule has 0 aromatic heterocycles. The number of hydrogen-bond acceptors (Lipinski definition) is 3. The lowest BCUT2D eigenvalue weighted by Crippen LogP contribution is -2.19. The third-order valence-corrected chi connectivity index (χ3v) is 1.90. The fraction of sp³-hybridized carbons (Fsp3) is 1.00. The highest BCUT2D eigenvalue weighted by molar-refractivity contribution is 4.49. The van der Waals surface area contributed by atoms with Gasteiger partial charge >= 0.3 is 0 Å². The zero-order valence-corrected chi connectivity index (χ0v) is 9.84. The Morgan fingerprint density at radius 2 is 1.71 bits per heavy atom. The van der Waals surface area contributed by atoms with Gasteiger partial charge in [0.05, 0.1) is 6.10 Å². The molecule has 0 saturated heterocycles. The molecule has 0 bridgehead atoms. The first-order valence-corrected chi connectivity index (χ1v) is 5.58. The highest BCUT2D eigenvalue weighted by atomic mass is 16.5. The van der Waals surface area contributed by atoms with Crippen LogP contribution in [0.15, 0.2) is 0 Å². The molecule has 0 aromatic carbocycles. The summed E-state index contributed by atoms with van der Waals surface area (Å²) in [5, 5.41) is 3.38. The summed E-state index contributed by atoms with van der Waals surface area (Å²) in [5.41, 5.74) is 0. The Morgan fingerprint density at radius 1 is 1.00 bits per heavy atom. The second kappa shape index (κ2) is 11.0. The molecule has 1 N–H and O–H groups in total. The van der Waals surface area contributed by atoms with Crippen LogP contribution in [-0.4, -0.2) is 39.5 Å². The van der Waals surface area contributed by atoms with Gasteiger partial charge in [-0.05, 0) is 46.2 Å². The Kier molecular flexibility index (Phi) is 10.9. The molecule has 0 heterocycles. The largest absolute Gasteiger partial charge is 0.385 e. The van der Waals surface area contributed by atoms with Crippen molar-refractivity contribution in [3.8, 4) is 0 Å². The summed E-state index contributed by atoms with van der Waals surface area (Å²) in [5.74, 6) is 0. The number of methoxy groups -OCH3 is 1. The van der Waals surface area contributed by atoms with Crippen molar-refractivity contribution in [3.05, 3.63) is 0 Å². The maximum atomic E-state index is 5.43. The average molecular weight is 203 g/mol. The highest BCUT2D eigenvalue weighted by Crippen LogP contribution is 1.90. The minimum atomic E-state index is 0.358. The van der Waals surface area contributed by atoms with Crippen LogP contribution in [0.1, 0.15) is 33.1 Å². The van der Waals surface area contributed by atoms with E-state index in [9.17, 15) is 0 Å². The standard InChI is InChI=1S/C11H25NO2/c1-11(2)14-10-6-8-12-7-4-5-9-13-3/h11-12H,4-10H2,1-3H3. The van der Waals surface area contributed by atoms with Gasteiger partial charge in [0, 0.05) is 20.3 Å². The Labute approximate surface area is 88.2 Å². The van der Waals surface area contributed by atoms with E-state index in [1.54, 1.807) is 7.11 Å². The fourth-order valence-electron chi connectivity index (χ4n) is 1.14. The van der Waals surface area contributed by atoms with Crippen molar-refractivity contribution in [2.45, 2.75) is 39.2 Å². The predicted octanol–water partition coefficient (Wildman–Crippen LogP) is 1.82. The summed E-state index contributed by atoms with van der Waals surface area (Å²) in [6.45, 7) is 8.02. The fourth-order valence-corrected chi connectivity index (χ4v) is 1.14. The minimum Gasteiger partial charge on any atom is -0.385 e. The second-order valence-electron chi connectivity index (χ2n) is 3.72. The molecule has 0 saturated carbocycles. The van der Waals surface area contributed by atoms with Gasteiger partial charge in [-0.25, -0.2) is 0 Å². The average Bonchev–Trinajstić information content (AvgIpc) is 2.15. The zero-order chi connectivity index (χ0) is 10.6. The van der Waals surface area contributed by atoms with Crippen molar-refractivity contribution in [2.75, 3.05) is 33.4 Å². The molecule has 0 fully saturated rings. The maximum Gasteiger partial charge on any atom is 0.0518 e. The van der Waals surface area contributed by atoms with Crippen LogP contribution in [0.3, 0.4) is 0 Å². The minimum absolute atomic E-state index is 0.358. The van der Waals surface area contributed by atoms with Crippen LogP contribution >= 0.6 is 0 Å². The third kappa shape index (κ3) is 11.9. The van der Waals surface area contributed by atoms with Crippen LogP contribution in [0.2, 0.25) is 0 Å². The van der Waals surface area contributed by atoms with E-state index in [0.29, 0.717) is 6.10 Å². The lowest BCUT2D eigenvalue weighted by molar-refractivity contribution is 0.0771. The van der Waals surface area contributed by atoms with Crippen molar-refractivity contribution < 1.29 is 9.47 Å². The molecule has 14 heavy (non-hydrogen) atoms. The number of unbranched alkanes of at least 4 members (excludes halogenated alkanes) is 1. The number of rotatable bonds is 10. The quantitative estimate of drug-likeness (QED) is 0.549. The molecule has 86 valence electrons.